The first kappa shape index (κ1) is 29.9. The van der Waals surface area contributed by atoms with Crippen molar-refractivity contribution in [3.8, 4) is 28.5 Å². The molecule has 0 bridgehead atoms. The zero-order valence-electron chi connectivity index (χ0n) is 26.4. The highest BCUT2D eigenvalue weighted by molar-refractivity contribution is 6.08. The number of hydrogen-bond donors (Lipinski definition) is 1. The van der Waals surface area contributed by atoms with Crippen LogP contribution in [0.3, 0.4) is 0 Å². The number of amides is 2. The summed E-state index contributed by atoms with van der Waals surface area (Å²) in [7, 11) is 3.61. The third-order valence-corrected chi connectivity index (χ3v) is 9.52. The fourth-order valence-corrected chi connectivity index (χ4v) is 6.70. The lowest BCUT2D eigenvalue weighted by Gasteiger charge is -2.40. The van der Waals surface area contributed by atoms with Crippen LogP contribution in [-0.2, 0) is 24.8 Å². The fourth-order valence-electron chi connectivity index (χ4n) is 6.70. The highest BCUT2D eigenvalue weighted by atomic mass is 16.7. The van der Waals surface area contributed by atoms with Crippen molar-refractivity contribution in [1.29, 1.82) is 0 Å². The smallest absolute Gasteiger partial charge is 0.259 e. The largest absolute Gasteiger partial charge is 0.508 e. The first-order valence-electron chi connectivity index (χ1n) is 15.6. The summed E-state index contributed by atoms with van der Waals surface area (Å²) in [5, 5.41) is 9.72. The maximum absolute atomic E-state index is 14.8. The predicted octanol–water partition coefficient (Wildman–Crippen LogP) is 4.61. The molecule has 3 aliphatic heterocycles. The van der Waals surface area contributed by atoms with Gasteiger partial charge in [0.25, 0.3) is 11.8 Å². The molecule has 7 rings (SSSR count). The van der Waals surface area contributed by atoms with Gasteiger partial charge < -0.3 is 33.7 Å². The Hall–Kier alpha value is -4.80. The van der Waals surface area contributed by atoms with E-state index in [4.69, 9.17) is 14.2 Å². The number of hydrogen-bond acceptors (Lipinski definition) is 7. The summed E-state index contributed by atoms with van der Waals surface area (Å²) >= 11 is 0. The number of carbonyl (C=O) groups is 2. The molecule has 4 aromatic rings. The number of phenols is 1. The minimum absolute atomic E-state index is 0.0231. The van der Waals surface area contributed by atoms with Gasteiger partial charge in [0.15, 0.2) is 11.5 Å². The van der Waals surface area contributed by atoms with Crippen molar-refractivity contribution in [1.82, 2.24) is 14.4 Å². The first-order valence-corrected chi connectivity index (χ1v) is 15.6. The molecule has 1 N–H and O–H groups in total. The maximum atomic E-state index is 14.8. The number of morpholine rings is 1. The molecule has 0 aliphatic carbocycles. The minimum atomic E-state index is -0.197. The SMILES string of the molecule is Cc1c(C(=O)N(C)c2ccc(O)cc2)cc(-c2cc3c(cc2C(=O)N2Cc4ccccc4C[C@H]2CN2CCOCC2)OCO3)n1C. The topological polar surface area (TPSA) is 96.7 Å². The Labute approximate surface area is 268 Å². The predicted molar refractivity (Wildman–Crippen MR) is 174 cm³/mol. The highest BCUT2D eigenvalue weighted by Gasteiger charge is 2.35. The second-order valence-electron chi connectivity index (χ2n) is 12.2. The van der Waals surface area contributed by atoms with Gasteiger partial charge in [-0.25, -0.2) is 0 Å². The average molecular weight is 623 g/mol. The molecule has 1 atom stereocenters. The van der Waals surface area contributed by atoms with Gasteiger partial charge in [0.2, 0.25) is 6.79 Å². The van der Waals surface area contributed by atoms with Gasteiger partial charge >= 0.3 is 0 Å². The van der Waals surface area contributed by atoms with Gasteiger partial charge in [0, 0.05) is 69.0 Å². The van der Waals surface area contributed by atoms with Crippen LogP contribution < -0.4 is 14.4 Å². The number of anilines is 1. The molecule has 1 aromatic heterocycles. The van der Waals surface area contributed by atoms with Crippen molar-refractivity contribution < 1.29 is 28.9 Å². The molecule has 2 amide bonds. The van der Waals surface area contributed by atoms with E-state index in [1.54, 1.807) is 42.3 Å². The first-order chi connectivity index (χ1) is 22.3. The molecule has 3 aliphatic rings. The Balaban J connectivity index is 1.27. The molecule has 0 unspecified atom stereocenters. The quantitative estimate of drug-likeness (QED) is 0.336. The van der Waals surface area contributed by atoms with E-state index in [0.29, 0.717) is 53.6 Å². The summed E-state index contributed by atoms with van der Waals surface area (Å²) in [6.45, 7) is 6.31. The highest BCUT2D eigenvalue weighted by Crippen LogP contribution is 2.41. The number of benzene rings is 3. The Bertz CT molecular complexity index is 1790. The van der Waals surface area contributed by atoms with Gasteiger partial charge in [-0.1, -0.05) is 24.3 Å². The molecule has 0 radical (unpaired) electrons. The maximum Gasteiger partial charge on any atom is 0.259 e. The Morgan fingerprint density at radius 1 is 0.935 bits per heavy atom. The lowest BCUT2D eigenvalue weighted by molar-refractivity contribution is 0.0193. The molecule has 10 nitrogen and oxygen atoms in total. The molecule has 0 saturated carbocycles. The van der Waals surface area contributed by atoms with Gasteiger partial charge in [-0.05, 0) is 66.9 Å². The van der Waals surface area contributed by atoms with Crippen molar-refractivity contribution >= 4 is 17.5 Å². The van der Waals surface area contributed by atoms with Crippen LogP contribution in [0.4, 0.5) is 5.69 Å². The number of fused-ring (bicyclic) bond motifs is 2. The van der Waals surface area contributed by atoms with Crippen LogP contribution in [0.15, 0.2) is 66.7 Å². The van der Waals surface area contributed by atoms with Crippen LogP contribution in [0.2, 0.25) is 0 Å². The molecule has 46 heavy (non-hydrogen) atoms. The van der Waals surface area contributed by atoms with E-state index < -0.39 is 0 Å². The molecule has 0 spiro atoms. The molecule has 1 saturated heterocycles. The standard InChI is InChI=1S/C36H38N4O6/c1-23-29(35(42)38(3)26-8-10-28(41)11-9-26)17-32(37(23)2)30-18-33-34(46-22-45-33)19-31(30)36(43)40-20-25-7-5-4-6-24(25)16-27(40)21-39-12-14-44-15-13-39/h4-11,17-19,27,41H,12-16,20-22H2,1-3H3/t27-/m0/s1. The number of aromatic nitrogens is 1. The van der Waals surface area contributed by atoms with Crippen LogP contribution in [0, 0.1) is 6.92 Å². The summed E-state index contributed by atoms with van der Waals surface area (Å²) < 4.78 is 19.1. The second-order valence-corrected chi connectivity index (χ2v) is 12.2. The lowest BCUT2D eigenvalue weighted by Crippen LogP contribution is -2.52. The van der Waals surface area contributed by atoms with Crippen molar-refractivity contribution in [2.24, 2.45) is 7.05 Å². The monoisotopic (exact) mass is 622 g/mol. The number of carbonyl (C=O) groups excluding carboxylic acids is 2. The zero-order chi connectivity index (χ0) is 31.9. The molecule has 238 valence electrons. The summed E-state index contributed by atoms with van der Waals surface area (Å²) in [6.07, 6.45) is 0.769. The van der Waals surface area contributed by atoms with Crippen molar-refractivity contribution in [2.75, 3.05) is 51.6 Å². The Morgan fingerprint density at radius 3 is 2.37 bits per heavy atom. The Morgan fingerprint density at radius 2 is 1.63 bits per heavy atom. The summed E-state index contributed by atoms with van der Waals surface area (Å²) in [5.74, 6) is 0.940. The van der Waals surface area contributed by atoms with Crippen LogP contribution in [0.25, 0.3) is 11.3 Å². The molecular weight excluding hydrogens is 584 g/mol. The molecule has 10 heteroatoms. The average Bonchev–Trinajstić information content (AvgIpc) is 3.66. The third-order valence-electron chi connectivity index (χ3n) is 9.52. The summed E-state index contributed by atoms with van der Waals surface area (Å²) in [5.41, 5.74) is 6.26. The van der Waals surface area contributed by atoms with Gasteiger partial charge in [0.1, 0.15) is 5.75 Å². The van der Waals surface area contributed by atoms with E-state index in [-0.39, 0.29) is 30.4 Å². The van der Waals surface area contributed by atoms with Crippen LogP contribution in [0.5, 0.6) is 17.2 Å². The minimum Gasteiger partial charge on any atom is -0.508 e. The van der Waals surface area contributed by atoms with E-state index in [0.717, 1.165) is 43.0 Å². The molecular formula is C36H38N4O6. The van der Waals surface area contributed by atoms with E-state index in [1.807, 2.05) is 41.6 Å². The molecule has 4 heterocycles. The summed E-state index contributed by atoms with van der Waals surface area (Å²) in [6, 6.07) is 20.3. The number of nitrogens with zero attached hydrogens (tertiary/aromatic N) is 4. The molecule has 1 fully saturated rings. The number of rotatable bonds is 6. The van der Waals surface area contributed by atoms with E-state index in [9.17, 15) is 14.7 Å². The van der Waals surface area contributed by atoms with Crippen LogP contribution >= 0.6 is 0 Å². The van der Waals surface area contributed by atoms with Gasteiger partial charge in [-0.2, -0.15) is 0 Å². The third kappa shape index (κ3) is 5.48. The molecule has 3 aromatic carbocycles. The van der Waals surface area contributed by atoms with E-state index in [2.05, 4.69) is 23.1 Å². The van der Waals surface area contributed by atoms with Crippen LogP contribution in [0.1, 0.15) is 37.5 Å². The van der Waals surface area contributed by atoms with Crippen molar-refractivity contribution in [3.63, 3.8) is 0 Å². The van der Waals surface area contributed by atoms with Crippen LogP contribution in [-0.4, -0.2) is 84.0 Å². The normalized spacial score (nSPS) is 17.5. The number of ether oxygens (including phenoxy) is 3. The van der Waals surface area contributed by atoms with Gasteiger partial charge in [0.05, 0.1) is 24.3 Å². The van der Waals surface area contributed by atoms with Gasteiger partial charge in [-0.15, -0.1) is 0 Å². The number of aromatic hydroxyl groups is 1. The van der Waals surface area contributed by atoms with Crippen molar-refractivity contribution in [2.45, 2.75) is 25.9 Å². The second kappa shape index (κ2) is 12.2. The Kier molecular flexibility index (Phi) is 7.92. The van der Waals surface area contributed by atoms with E-state index in [1.165, 1.54) is 5.56 Å². The van der Waals surface area contributed by atoms with Crippen molar-refractivity contribution in [3.05, 3.63) is 94.7 Å². The van der Waals surface area contributed by atoms with Gasteiger partial charge in [-0.3, -0.25) is 14.5 Å². The lowest BCUT2D eigenvalue weighted by atomic mass is 9.92. The summed E-state index contributed by atoms with van der Waals surface area (Å²) in [4.78, 5) is 34.5. The fraction of sp³-hybridized carbons (Fsp3) is 0.333. The zero-order valence-corrected chi connectivity index (χ0v) is 26.4. The van der Waals surface area contributed by atoms with E-state index >= 15 is 0 Å². The number of phenolic OH excluding ortho intramolecular Hbond substituents is 1.